The van der Waals surface area contributed by atoms with E-state index in [2.05, 4.69) is 26.1 Å². The van der Waals surface area contributed by atoms with Crippen molar-refractivity contribution in [2.45, 2.75) is 20.3 Å². The average molecular weight is 154 g/mol. The first-order valence-corrected chi connectivity index (χ1v) is 3.88. The molecule has 1 heteroatoms. The van der Waals surface area contributed by atoms with Gasteiger partial charge in [-0.05, 0) is 18.9 Å². The SMILES string of the molecule is C=C/C=C(CC)\C(S)=C/C. The number of thiol groups is 1. The molecule has 0 saturated carbocycles. The molecule has 0 aliphatic heterocycles. The number of rotatable bonds is 3. The van der Waals surface area contributed by atoms with Crippen molar-refractivity contribution in [1.29, 1.82) is 0 Å². The van der Waals surface area contributed by atoms with Gasteiger partial charge in [0.25, 0.3) is 0 Å². The van der Waals surface area contributed by atoms with Gasteiger partial charge in [-0.25, -0.2) is 0 Å². The Kier molecular flexibility index (Phi) is 5.13. The summed E-state index contributed by atoms with van der Waals surface area (Å²) in [7, 11) is 0. The molecule has 0 unspecified atom stereocenters. The lowest BCUT2D eigenvalue weighted by Crippen LogP contribution is -1.78. The van der Waals surface area contributed by atoms with Gasteiger partial charge >= 0.3 is 0 Å². The van der Waals surface area contributed by atoms with Gasteiger partial charge in [-0.15, -0.1) is 12.6 Å². The standard InChI is InChI=1S/C9H14S/c1-4-7-8(5-2)9(10)6-3/h4,6-7,10H,1,5H2,2-3H3/b8-7-,9-6+. The molecule has 0 aromatic heterocycles. The fraction of sp³-hybridized carbons (Fsp3) is 0.333. The Labute approximate surface area is 68.7 Å². The van der Waals surface area contributed by atoms with Crippen LogP contribution in [-0.4, -0.2) is 0 Å². The van der Waals surface area contributed by atoms with E-state index < -0.39 is 0 Å². The summed E-state index contributed by atoms with van der Waals surface area (Å²) in [5.41, 5.74) is 1.24. The van der Waals surface area contributed by atoms with E-state index in [1.807, 2.05) is 19.1 Å². The second-order valence-corrected chi connectivity index (χ2v) is 2.44. The topological polar surface area (TPSA) is 0 Å². The Morgan fingerprint density at radius 2 is 2.20 bits per heavy atom. The first-order valence-electron chi connectivity index (χ1n) is 3.43. The van der Waals surface area contributed by atoms with Crippen molar-refractivity contribution in [3.05, 3.63) is 35.3 Å². The highest BCUT2D eigenvalue weighted by atomic mass is 32.1. The first-order chi connectivity index (χ1) is 4.76. The summed E-state index contributed by atoms with van der Waals surface area (Å²) in [6.07, 6.45) is 6.78. The zero-order valence-corrected chi connectivity index (χ0v) is 7.49. The second kappa shape index (κ2) is 5.36. The average Bonchev–Trinajstić information content (AvgIpc) is 1.99. The van der Waals surface area contributed by atoms with Gasteiger partial charge < -0.3 is 0 Å². The predicted molar refractivity (Wildman–Crippen MR) is 51.3 cm³/mol. The summed E-state index contributed by atoms with van der Waals surface area (Å²) in [4.78, 5) is 1.04. The Bertz CT molecular complexity index is 164. The molecule has 0 nitrogen and oxygen atoms in total. The van der Waals surface area contributed by atoms with E-state index in [4.69, 9.17) is 0 Å². The summed E-state index contributed by atoms with van der Waals surface area (Å²) in [5, 5.41) is 0. The third-order valence-corrected chi connectivity index (χ3v) is 1.85. The molecule has 0 heterocycles. The van der Waals surface area contributed by atoms with E-state index in [9.17, 15) is 0 Å². The van der Waals surface area contributed by atoms with Crippen LogP contribution in [0.5, 0.6) is 0 Å². The van der Waals surface area contributed by atoms with Crippen molar-refractivity contribution in [2.24, 2.45) is 0 Å². The van der Waals surface area contributed by atoms with Crippen LogP contribution in [0, 0.1) is 0 Å². The first kappa shape index (κ1) is 9.57. The molecule has 0 amide bonds. The molecule has 10 heavy (non-hydrogen) atoms. The van der Waals surface area contributed by atoms with E-state index in [0.29, 0.717) is 0 Å². The van der Waals surface area contributed by atoms with Crippen molar-refractivity contribution in [2.75, 3.05) is 0 Å². The molecule has 0 rings (SSSR count). The molecule has 0 saturated heterocycles. The summed E-state index contributed by atoms with van der Waals surface area (Å²) in [5.74, 6) is 0. The highest BCUT2D eigenvalue weighted by molar-refractivity contribution is 7.84. The van der Waals surface area contributed by atoms with Gasteiger partial charge in [0.15, 0.2) is 0 Å². The second-order valence-electron chi connectivity index (χ2n) is 1.96. The van der Waals surface area contributed by atoms with E-state index in [-0.39, 0.29) is 0 Å². The number of hydrogen-bond donors (Lipinski definition) is 1. The maximum absolute atomic E-state index is 4.28. The molecule has 0 aromatic carbocycles. The van der Waals surface area contributed by atoms with Crippen LogP contribution in [0.1, 0.15) is 20.3 Å². The lowest BCUT2D eigenvalue weighted by Gasteiger charge is -2.00. The predicted octanol–water partition coefficient (Wildman–Crippen LogP) is 3.34. The molecular formula is C9H14S. The van der Waals surface area contributed by atoms with Gasteiger partial charge in [0.2, 0.25) is 0 Å². The summed E-state index contributed by atoms with van der Waals surface area (Å²) in [6, 6.07) is 0. The van der Waals surface area contributed by atoms with Gasteiger partial charge in [-0.2, -0.15) is 0 Å². The van der Waals surface area contributed by atoms with Crippen molar-refractivity contribution < 1.29 is 0 Å². The maximum atomic E-state index is 4.28. The quantitative estimate of drug-likeness (QED) is 0.468. The van der Waals surface area contributed by atoms with E-state index in [0.717, 1.165) is 11.3 Å². The maximum Gasteiger partial charge on any atom is 0.00292 e. The van der Waals surface area contributed by atoms with Gasteiger partial charge in [0.05, 0.1) is 0 Å². The summed E-state index contributed by atoms with van der Waals surface area (Å²) in [6.45, 7) is 7.71. The third-order valence-electron chi connectivity index (χ3n) is 1.30. The Hall–Kier alpha value is -0.430. The van der Waals surface area contributed by atoms with Gasteiger partial charge in [0, 0.05) is 4.91 Å². The molecule has 0 atom stereocenters. The minimum Gasteiger partial charge on any atom is -0.143 e. The molecule has 0 aromatic rings. The third kappa shape index (κ3) is 2.92. The molecule has 0 spiro atoms. The Morgan fingerprint density at radius 1 is 1.60 bits per heavy atom. The zero-order chi connectivity index (χ0) is 7.98. The van der Waals surface area contributed by atoms with Gasteiger partial charge in [0.1, 0.15) is 0 Å². The highest BCUT2D eigenvalue weighted by Gasteiger charge is 1.93. The van der Waals surface area contributed by atoms with Gasteiger partial charge in [-0.1, -0.05) is 31.7 Å². The fourth-order valence-corrected chi connectivity index (χ4v) is 0.945. The van der Waals surface area contributed by atoms with Crippen LogP contribution in [0.25, 0.3) is 0 Å². The molecule has 0 aliphatic rings. The van der Waals surface area contributed by atoms with E-state index in [1.54, 1.807) is 6.08 Å². The largest absolute Gasteiger partial charge is 0.143 e. The van der Waals surface area contributed by atoms with Crippen molar-refractivity contribution in [1.82, 2.24) is 0 Å². The van der Waals surface area contributed by atoms with Crippen molar-refractivity contribution in [3.63, 3.8) is 0 Å². The van der Waals surface area contributed by atoms with Crippen LogP contribution in [0.4, 0.5) is 0 Å². The summed E-state index contributed by atoms with van der Waals surface area (Å²) < 4.78 is 0. The minimum absolute atomic E-state index is 1.01. The lowest BCUT2D eigenvalue weighted by molar-refractivity contribution is 1.14. The molecular weight excluding hydrogens is 140 g/mol. The molecule has 56 valence electrons. The summed E-state index contributed by atoms with van der Waals surface area (Å²) >= 11 is 4.28. The molecule has 0 bridgehead atoms. The number of hydrogen-bond acceptors (Lipinski definition) is 1. The lowest BCUT2D eigenvalue weighted by atomic mass is 10.2. The van der Waals surface area contributed by atoms with Crippen LogP contribution >= 0.6 is 12.6 Å². The zero-order valence-electron chi connectivity index (χ0n) is 6.59. The smallest absolute Gasteiger partial charge is 0.00292 e. The van der Waals surface area contributed by atoms with Crippen LogP contribution < -0.4 is 0 Å². The molecule has 0 fully saturated rings. The highest BCUT2D eigenvalue weighted by Crippen LogP contribution is 2.16. The van der Waals surface area contributed by atoms with Crippen LogP contribution in [0.2, 0.25) is 0 Å². The van der Waals surface area contributed by atoms with Crippen molar-refractivity contribution >= 4 is 12.6 Å². The normalized spacial score (nSPS) is 13.5. The fourth-order valence-electron chi connectivity index (χ4n) is 0.712. The molecule has 0 radical (unpaired) electrons. The molecule has 0 aliphatic carbocycles. The Balaban J connectivity index is 4.35. The minimum atomic E-state index is 1.01. The monoisotopic (exact) mass is 154 g/mol. The number of allylic oxidation sites excluding steroid dienone is 4. The van der Waals surface area contributed by atoms with E-state index >= 15 is 0 Å². The molecule has 0 N–H and O–H groups in total. The van der Waals surface area contributed by atoms with Crippen LogP contribution in [0.3, 0.4) is 0 Å². The van der Waals surface area contributed by atoms with E-state index in [1.165, 1.54) is 5.57 Å². The van der Waals surface area contributed by atoms with Gasteiger partial charge in [-0.3, -0.25) is 0 Å². The Morgan fingerprint density at radius 3 is 2.50 bits per heavy atom. The van der Waals surface area contributed by atoms with Crippen LogP contribution in [-0.2, 0) is 0 Å². The van der Waals surface area contributed by atoms with Crippen molar-refractivity contribution in [3.8, 4) is 0 Å². The van der Waals surface area contributed by atoms with Crippen LogP contribution in [0.15, 0.2) is 35.3 Å².